The maximum atomic E-state index is 7.30. The molecule has 0 N–H and O–H groups in total. The van der Waals surface area contributed by atoms with Gasteiger partial charge in [0, 0.05) is 11.1 Å². The highest BCUT2D eigenvalue weighted by atomic mass is 15.1. The fourth-order valence-electron chi connectivity index (χ4n) is 2.06. The van der Waals surface area contributed by atoms with Crippen LogP contribution in [0.25, 0.3) is 4.85 Å². The van der Waals surface area contributed by atoms with E-state index in [9.17, 15) is 0 Å². The summed E-state index contributed by atoms with van der Waals surface area (Å²) in [6, 6.07) is 20.2. The molecule has 0 aromatic heterocycles. The first-order valence-corrected chi connectivity index (χ1v) is 6.42. The fourth-order valence-corrected chi connectivity index (χ4v) is 2.06. The molecule has 1 aliphatic carbocycles. The summed E-state index contributed by atoms with van der Waals surface area (Å²) in [5.74, 6) is 0. The largest absolute Gasteiger partial charge is 0.325 e. The summed E-state index contributed by atoms with van der Waals surface area (Å²) in [6.45, 7) is 7.30. The molecule has 0 bridgehead atoms. The second-order valence-electron chi connectivity index (χ2n) is 4.79. The number of hydrogen-bond acceptors (Lipinski definition) is 1. The summed E-state index contributed by atoms with van der Waals surface area (Å²) in [5, 5.41) is 0. The summed E-state index contributed by atoms with van der Waals surface area (Å²) < 4.78 is 0. The van der Waals surface area contributed by atoms with Gasteiger partial charge in [0.05, 0.1) is 18.6 Å². The summed E-state index contributed by atoms with van der Waals surface area (Å²) in [6.07, 6.45) is 1.75. The molecular formula is C17H14N2. The van der Waals surface area contributed by atoms with Gasteiger partial charge in [-0.3, -0.25) is 4.85 Å². The van der Waals surface area contributed by atoms with Gasteiger partial charge in [-0.15, -0.1) is 0 Å². The van der Waals surface area contributed by atoms with Crippen molar-refractivity contribution in [3.8, 4) is 0 Å². The van der Waals surface area contributed by atoms with Crippen molar-refractivity contribution in [3.05, 3.63) is 83.2 Å². The minimum absolute atomic E-state index is 0.499. The first-order valence-electron chi connectivity index (χ1n) is 6.42. The molecular weight excluding hydrogens is 232 g/mol. The molecule has 1 aliphatic rings. The van der Waals surface area contributed by atoms with E-state index in [0.717, 1.165) is 29.7 Å². The van der Waals surface area contributed by atoms with E-state index in [1.807, 2.05) is 60.7 Å². The molecule has 3 rings (SSSR count). The molecule has 0 saturated heterocycles. The molecule has 0 radical (unpaired) electrons. The molecule has 0 unspecified atom stereocenters. The third kappa shape index (κ3) is 2.41. The van der Waals surface area contributed by atoms with Crippen LogP contribution in [-0.2, 0) is 0 Å². The molecule has 2 aromatic rings. The first-order chi connectivity index (χ1) is 9.33. The van der Waals surface area contributed by atoms with E-state index in [1.165, 1.54) is 0 Å². The predicted molar refractivity (Wildman–Crippen MR) is 77.1 cm³/mol. The van der Waals surface area contributed by atoms with E-state index in [1.54, 1.807) is 0 Å². The van der Waals surface area contributed by atoms with Gasteiger partial charge in [-0.1, -0.05) is 60.7 Å². The van der Waals surface area contributed by atoms with Crippen molar-refractivity contribution in [2.75, 3.05) is 0 Å². The number of benzene rings is 2. The van der Waals surface area contributed by atoms with Crippen molar-refractivity contribution >= 4 is 5.71 Å². The standard InChI is InChI=1S/C17H14N2/c1-18-17(12-13-17)19-16(14-8-4-2-5-9-14)15-10-6-3-7-11-15/h2-11H,12-13H2. The van der Waals surface area contributed by atoms with Gasteiger partial charge in [0.1, 0.15) is 0 Å². The van der Waals surface area contributed by atoms with Gasteiger partial charge in [0.15, 0.2) is 0 Å². The van der Waals surface area contributed by atoms with Crippen LogP contribution in [0.15, 0.2) is 65.7 Å². The van der Waals surface area contributed by atoms with Gasteiger partial charge >= 0.3 is 5.66 Å². The highest BCUT2D eigenvalue weighted by Crippen LogP contribution is 2.42. The SMILES string of the molecule is [C-]#[N+]C1(N=C(c2ccccc2)c2ccccc2)CC1. The lowest BCUT2D eigenvalue weighted by atomic mass is 10.0. The second-order valence-corrected chi connectivity index (χ2v) is 4.79. The zero-order valence-electron chi connectivity index (χ0n) is 10.6. The minimum atomic E-state index is -0.499. The fraction of sp³-hybridized carbons (Fsp3) is 0.176. The third-order valence-corrected chi connectivity index (χ3v) is 3.32. The van der Waals surface area contributed by atoms with Crippen LogP contribution < -0.4 is 0 Å². The van der Waals surface area contributed by atoms with Crippen LogP contribution in [-0.4, -0.2) is 11.4 Å². The van der Waals surface area contributed by atoms with Crippen LogP contribution in [0, 0.1) is 6.57 Å². The lowest BCUT2D eigenvalue weighted by Gasteiger charge is -2.08. The maximum absolute atomic E-state index is 7.30. The average Bonchev–Trinajstić information content (AvgIpc) is 3.27. The van der Waals surface area contributed by atoms with E-state index in [4.69, 9.17) is 11.6 Å². The van der Waals surface area contributed by atoms with Crippen molar-refractivity contribution < 1.29 is 0 Å². The molecule has 1 fully saturated rings. The highest BCUT2D eigenvalue weighted by molar-refractivity contribution is 6.13. The van der Waals surface area contributed by atoms with Crippen molar-refractivity contribution in [1.29, 1.82) is 0 Å². The van der Waals surface area contributed by atoms with Crippen molar-refractivity contribution in [3.63, 3.8) is 0 Å². The molecule has 1 saturated carbocycles. The Kier molecular flexibility index (Phi) is 2.89. The molecule has 0 amide bonds. The molecule has 0 atom stereocenters. The van der Waals surface area contributed by atoms with E-state index in [0.29, 0.717) is 0 Å². The normalized spacial score (nSPS) is 15.3. The Labute approximate surface area is 113 Å². The Hall–Kier alpha value is -2.40. The molecule has 92 valence electrons. The Morgan fingerprint density at radius 3 is 1.74 bits per heavy atom. The first kappa shape index (κ1) is 11.7. The topological polar surface area (TPSA) is 16.7 Å². The van der Waals surface area contributed by atoms with E-state index in [2.05, 4.69) is 4.85 Å². The van der Waals surface area contributed by atoms with Gasteiger partial charge in [0.25, 0.3) is 0 Å². The Balaban J connectivity index is 2.10. The van der Waals surface area contributed by atoms with Crippen LogP contribution in [0.1, 0.15) is 24.0 Å². The Bertz CT molecular complexity index is 590. The van der Waals surface area contributed by atoms with E-state index in [-0.39, 0.29) is 0 Å². The summed E-state index contributed by atoms with van der Waals surface area (Å²) in [5.41, 5.74) is 2.57. The second kappa shape index (κ2) is 4.70. The Morgan fingerprint density at radius 2 is 1.37 bits per heavy atom. The van der Waals surface area contributed by atoms with Crippen molar-refractivity contribution in [1.82, 2.24) is 0 Å². The molecule has 2 nitrogen and oxygen atoms in total. The minimum Gasteiger partial charge on any atom is -0.285 e. The van der Waals surface area contributed by atoms with Gasteiger partial charge in [-0.05, 0) is 0 Å². The van der Waals surface area contributed by atoms with Gasteiger partial charge in [-0.25, -0.2) is 11.6 Å². The van der Waals surface area contributed by atoms with Crippen molar-refractivity contribution in [2.45, 2.75) is 18.5 Å². The monoisotopic (exact) mass is 246 g/mol. The lowest BCUT2D eigenvalue weighted by molar-refractivity contribution is 0.852. The van der Waals surface area contributed by atoms with Crippen LogP contribution in [0.2, 0.25) is 0 Å². The molecule has 2 heteroatoms. The smallest absolute Gasteiger partial charge is 0.285 e. The molecule has 0 heterocycles. The molecule has 19 heavy (non-hydrogen) atoms. The Morgan fingerprint density at radius 1 is 0.895 bits per heavy atom. The highest BCUT2D eigenvalue weighted by Gasteiger charge is 2.51. The quantitative estimate of drug-likeness (QED) is 0.576. The van der Waals surface area contributed by atoms with Gasteiger partial charge in [-0.2, -0.15) is 0 Å². The zero-order valence-corrected chi connectivity index (χ0v) is 10.6. The summed E-state index contributed by atoms with van der Waals surface area (Å²) in [4.78, 5) is 8.43. The molecule has 0 spiro atoms. The van der Waals surface area contributed by atoms with Crippen molar-refractivity contribution in [2.24, 2.45) is 4.99 Å². The average molecular weight is 246 g/mol. The van der Waals surface area contributed by atoms with Crippen LogP contribution in [0.3, 0.4) is 0 Å². The third-order valence-electron chi connectivity index (χ3n) is 3.32. The van der Waals surface area contributed by atoms with Crippen LogP contribution in [0.5, 0.6) is 0 Å². The van der Waals surface area contributed by atoms with Gasteiger partial charge < -0.3 is 0 Å². The maximum Gasteiger partial charge on any atom is 0.325 e. The number of hydrogen-bond donors (Lipinski definition) is 0. The number of nitrogens with zero attached hydrogens (tertiary/aromatic N) is 2. The number of rotatable bonds is 3. The summed E-state index contributed by atoms with van der Waals surface area (Å²) in [7, 11) is 0. The molecule has 0 aliphatic heterocycles. The lowest BCUT2D eigenvalue weighted by Crippen LogP contribution is -2.09. The van der Waals surface area contributed by atoms with Crippen LogP contribution in [0.4, 0.5) is 0 Å². The van der Waals surface area contributed by atoms with E-state index < -0.39 is 5.66 Å². The molecule has 2 aromatic carbocycles. The predicted octanol–water partition coefficient (Wildman–Crippen LogP) is 3.93. The zero-order chi connectivity index (χ0) is 13.1. The van der Waals surface area contributed by atoms with Gasteiger partial charge in [0.2, 0.25) is 0 Å². The number of aliphatic imine (C=N–C) groups is 1. The van der Waals surface area contributed by atoms with Crippen LogP contribution >= 0.6 is 0 Å². The van der Waals surface area contributed by atoms with E-state index >= 15 is 0 Å². The summed E-state index contributed by atoms with van der Waals surface area (Å²) >= 11 is 0.